The Balaban J connectivity index is 2.28. The standard InChI is InChI=1S/C15H29N3O2/c1-4-15(2,3)11-5-7-12(8-6-11)18-14(20)10-17-13(19)9-16/h11-12H,4-10,16H2,1-3H3,(H,17,19)(H,18,20). The maximum atomic E-state index is 11.7. The van der Waals surface area contributed by atoms with Gasteiger partial charge < -0.3 is 16.4 Å². The zero-order valence-corrected chi connectivity index (χ0v) is 13.0. The van der Waals surface area contributed by atoms with Gasteiger partial charge in [-0.05, 0) is 37.0 Å². The van der Waals surface area contributed by atoms with Crippen molar-refractivity contribution in [2.45, 2.75) is 58.9 Å². The Morgan fingerprint density at radius 2 is 1.75 bits per heavy atom. The number of hydrogen-bond donors (Lipinski definition) is 3. The molecule has 1 fully saturated rings. The average Bonchev–Trinajstić information content (AvgIpc) is 2.45. The first-order valence-electron chi connectivity index (χ1n) is 7.65. The number of rotatable bonds is 6. The molecule has 0 aromatic rings. The van der Waals surface area contributed by atoms with Crippen molar-refractivity contribution >= 4 is 11.8 Å². The lowest BCUT2D eigenvalue weighted by Gasteiger charge is -2.39. The molecule has 20 heavy (non-hydrogen) atoms. The second-order valence-corrected chi connectivity index (χ2v) is 6.44. The van der Waals surface area contributed by atoms with E-state index in [9.17, 15) is 9.59 Å². The third-order valence-corrected chi connectivity index (χ3v) is 4.74. The summed E-state index contributed by atoms with van der Waals surface area (Å²) in [6.45, 7) is 6.85. The lowest BCUT2D eigenvalue weighted by molar-refractivity contribution is -0.125. The van der Waals surface area contributed by atoms with Crippen LogP contribution in [-0.4, -0.2) is 30.9 Å². The van der Waals surface area contributed by atoms with Gasteiger partial charge in [0.1, 0.15) is 0 Å². The van der Waals surface area contributed by atoms with E-state index in [4.69, 9.17) is 5.73 Å². The van der Waals surface area contributed by atoms with E-state index in [-0.39, 0.29) is 30.9 Å². The van der Waals surface area contributed by atoms with Crippen molar-refractivity contribution in [2.24, 2.45) is 17.1 Å². The first-order chi connectivity index (χ1) is 9.39. The Bertz CT molecular complexity index is 334. The van der Waals surface area contributed by atoms with Gasteiger partial charge in [0, 0.05) is 6.04 Å². The highest BCUT2D eigenvalue weighted by Crippen LogP contribution is 2.40. The predicted octanol–water partition coefficient (Wildman–Crippen LogP) is 1.17. The monoisotopic (exact) mass is 283 g/mol. The van der Waals surface area contributed by atoms with E-state index in [0.717, 1.165) is 18.8 Å². The second-order valence-electron chi connectivity index (χ2n) is 6.44. The van der Waals surface area contributed by atoms with E-state index in [1.54, 1.807) is 0 Å². The summed E-state index contributed by atoms with van der Waals surface area (Å²) >= 11 is 0. The van der Waals surface area contributed by atoms with E-state index in [0.29, 0.717) is 5.41 Å². The van der Waals surface area contributed by atoms with Crippen LogP contribution in [0, 0.1) is 11.3 Å². The van der Waals surface area contributed by atoms with Gasteiger partial charge >= 0.3 is 0 Å². The quantitative estimate of drug-likeness (QED) is 0.684. The molecule has 5 heteroatoms. The molecule has 1 aliphatic carbocycles. The Morgan fingerprint density at radius 1 is 1.15 bits per heavy atom. The molecule has 0 aliphatic heterocycles. The summed E-state index contributed by atoms with van der Waals surface area (Å²) in [4.78, 5) is 22.7. The molecule has 2 amide bonds. The molecule has 4 N–H and O–H groups in total. The minimum atomic E-state index is -0.298. The van der Waals surface area contributed by atoms with E-state index < -0.39 is 0 Å². The van der Waals surface area contributed by atoms with E-state index >= 15 is 0 Å². The van der Waals surface area contributed by atoms with Crippen LogP contribution < -0.4 is 16.4 Å². The molecule has 0 atom stereocenters. The fourth-order valence-electron chi connectivity index (χ4n) is 2.84. The lowest BCUT2D eigenvalue weighted by atomic mass is 9.69. The van der Waals surface area contributed by atoms with Gasteiger partial charge in [0.05, 0.1) is 13.1 Å². The predicted molar refractivity (Wildman–Crippen MR) is 80.0 cm³/mol. The van der Waals surface area contributed by atoms with Crippen LogP contribution in [0.15, 0.2) is 0 Å². The Kier molecular flexibility index (Phi) is 6.46. The van der Waals surface area contributed by atoms with Crippen molar-refractivity contribution in [3.8, 4) is 0 Å². The molecular formula is C15H29N3O2. The number of nitrogens with two attached hydrogens (primary N) is 1. The van der Waals surface area contributed by atoms with Crippen molar-refractivity contribution < 1.29 is 9.59 Å². The molecule has 0 aromatic heterocycles. The molecule has 0 aromatic carbocycles. The van der Waals surface area contributed by atoms with Crippen LogP contribution in [0.3, 0.4) is 0 Å². The van der Waals surface area contributed by atoms with Crippen molar-refractivity contribution in [3.05, 3.63) is 0 Å². The van der Waals surface area contributed by atoms with Gasteiger partial charge in [-0.15, -0.1) is 0 Å². The number of amides is 2. The molecule has 1 aliphatic rings. The molecule has 1 rings (SSSR count). The summed E-state index contributed by atoms with van der Waals surface area (Å²) in [5, 5.41) is 5.48. The van der Waals surface area contributed by atoms with Gasteiger partial charge in [-0.2, -0.15) is 0 Å². The molecule has 5 nitrogen and oxygen atoms in total. The first kappa shape index (κ1) is 17.0. The molecule has 0 unspecified atom stereocenters. The van der Waals surface area contributed by atoms with Crippen LogP contribution in [-0.2, 0) is 9.59 Å². The molecule has 0 spiro atoms. The van der Waals surface area contributed by atoms with Crippen molar-refractivity contribution in [2.75, 3.05) is 13.1 Å². The second kappa shape index (κ2) is 7.62. The van der Waals surface area contributed by atoms with Gasteiger partial charge in [0.2, 0.25) is 11.8 Å². The van der Waals surface area contributed by atoms with Crippen molar-refractivity contribution in [1.29, 1.82) is 0 Å². The van der Waals surface area contributed by atoms with Crippen LogP contribution in [0.25, 0.3) is 0 Å². The van der Waals surface area contributed by atoms with Gasteiger partial charge in [-0.25, -0.2) is 0 Å². The van der Waals surface area contributed by atoms with Gasteiger partial charge in [-0.1, -0.05) is 27.2 Å². The van der Waals surface area contributed by atoms with Crippen molar-refractivity contribution in [3.63, 3.8) is 0 Å². The van der Waals surface area contributed by atoms with Crippen molar-refractivity contribution in [1.82, 2.24) is 10.6 Å². The summed E-state index contributed by atoms with van der Waals surface area (Å²) in [5.74, 6) is 0.330. The van der Waals surface area contributed by atoms with Gasteiger partial charge in [-0.3, -0.25) is 9.59 Å². The van der Waals surface area contributed by atoms with E-state index in [1.807, 2.05) is 0 Å². The Labute approximate surface area is 122 Å². The Hall–Kier alpha value is -1.10. The van der Waals surface area contributed by atoms with Gasteiger partial charge in [0.25, 0.3) is 0 Å². The SMILES string of the molecule is CCC(C)(C)C1CCC(NC(=O)CNC(=O)CN)CC1. The zero-order valence-electron chi connectivity index (χ0n) is 13.0. The average molecular weight is 283 g/mol. The van der Waals surface area contributed by atoms with Crippen LogP contribution >= 0.6 is 0 Å². The summed E-state index contributed by atoms with van der Waals surface area (Å²) < 4.78 is 0. The Morgan fingerprint density at radius 3 is 2.25 bits per heavy atom. The van der Waals surface area contributed by atoms with Crippen LogP contribution in [0.4, 0.5) is 0 Å². The molecule has 116 valence electrons. The minimum Gasteiger partial charge on any atom is -0.352 e. The highest BCUT2D eigenvalue weighted by molar-refractivity contribution is 5.85. The smallest absolute Gasteiger partial charge is 0.239 e. The van der Waals surface area contributed by atoms with Crippen LogP contribution in [0.5, 0.6) is 0 Å². The molecule has 1 saturated carbocycles. The van der Waals surface area contributed by atoms with E-state index in [1.165, 1.54) is 19.3 Å². The summed E-state index contributed by atoms with van der Waals surface area (Å²) in [5.41, 5.74) is 5.56. The highest BCUT2D eigenvalue weighted by atomic mass is 16.2. The topological polar surface area (TPSA) is 84.2 Å². The largest absolute Gasteiger partial charge is 0.352 e. The molecular weight excluding hydrogens is 254 g/mol. The fourth-order valence-corrected chi connectivity index (χ4v) is 2.84. The summed E-state index contributed by atoms with van der Waals surface area (Å²) in [7, 11) is 0. The number of carbonyl (C=O) groups excluding carboxylic acids is 2. The number of hydrogen-bond acceptors (Lipinski definition) is 3. The molecule has 0 heterocycles. The summed E-state index contributed by atoms with van der Waals surface area (Å²) in [6.07, 6.45) is 5.59. The number of carbonyl (C=O) groups is 2. The first-order valence-corrected chi connectivity index (χ1v) is 7.65. The third-order valence-electron chi connectivity index (χ3n) is 4.74. The van der Waals surface area contributed by atoms with Crippen LogP contribution in [0.2, 0.25) is 0 Å². The lowest BCUT2D eigenvalue weighted by Crippen LogP contribution is -2.45. The molecule has 0 bridgehead atoms. The maximum absolute atomic E-state index is 11.7. The summed E-state index contributed by atoms with van der Waals surface area (Å²) in [6, 6.07) is 0.251. The van der Waals surface area contributed by atoms with Crippen LogP contribution in [0.1, 0.15) is 52.9 Å². The molecule has 0 radical (unpaired) electrons. The normalized spacial score (nSPS) is 23.2. The third kappa shape index (κ3) is 5.12. The maximum Gasteiger partial charge on any atom is 0.239 e. The van der Waals surface area contributed by atoms with Gasteiger partial charge in [0.15, 0.2) is 0 Å². The van der Waals surface area contributed by atoms with E-state index in [2.05, 4.69) is 31.4 Å². The minimum absolute atomic E-state index is 0.0242. The molecule has 0 saturated heterocycles. The number of nitrogens with one attached hydrogen (secondary N) is 2. The fraction of sp³-hybridized carbons (Fsp3) is 0.867. The zero-order chi connectivity index (χ0) is 15.2. The highest BCUT2D eigenvalue weighted by Gasteiger charge is 2.32.